The molecule has 6 aromatic rings. The van der Waals surface area contributed by atoms with E-state index in [9.17, 15) is 33.6 Å². The highest BCUT2D eigenvalue weighted by atomic mass is 31.2. The number of phosphoric ester groups is 2. The number of fused-ring (bicyclic) bond motifs is 3. The molecule has 0 bridgehead atoms. The van der Waals surface area contributed by atoms with Gasteiger partial charge < -0.3 is 55.8 Å². The third kappa shape index (κ3) is 8.60. The van der Waals surface area contributed by atoms with Crippen molar-refractivity contribution in [3.63, 3.8) is 0 Å². The number of aliphatic hydroxyl groups is 1. The lowest BCUT2D eigenvalue weighted by atomic mass is 10.0. The lowest BCUT2D eigenvalue weighted by Gasteiger charge is -2.27. The van der Waals surface area contributed by atoms with Gasteiger partial charge in [-0.1, -0.05) is 6.92 Å². The minimum absolute atomic E-state index is 0.0160. The molecule has 6 aromatic heterocycles. The number of anilines is 3. The van der Waals surface area contributed by atoms with Crippen molar-refractivity contribution >= 4 is 66.9 Å². The highest BCUT2D eigenvalue weighted by Gasteiger charge is 2.53. The van der Waals surface area contributed by atoms with Gasteiger partial charge in [-0.3, -0.25) is 51.4 Å². The Kier molecular flexibility index (Phi) is 12.5. The van der Waals surface area contributed by atoms with Crippen molar-refractivity contribution in [3.8, 4) is 0 Å². The van der Waals surface area contributed by atoms with Crippen LogP contribution in [0.25, 0.3) is 33.5 Å². The molecule has 9 heterocycles. The molecule has 3 aliphatic heterocycles. The first kappa shape index (κ1) is 46.7. The lowest BCUT2D eigenvalue weighted by molar-refractivity contribution is -0.0635. The standard InChI is InChI=1S/C34H45N15O16P2/c1-12-15(62-31(20(12)57-3)49-11-42-19-27(49)44-34(37)46-29(19)52)6-59-67(55,56)65-22-14(5-50)30(48-10-41-18-26(48)43-33(36)45-28(18)51)63-16(22)7-60-66(53,54)64-21-13(2)61-32(23(21)58-4)47-9-40-17-24(35)38-8-39-25(17)47/h8-16,20-23,30-32,50H,5-7H2,1-4H3,(H,53,54)(H,55,56)(H2,35,38,39)(H3,36,43,45,51)(H3,37,44,46,52)/t12?,13-,14?,15-,16-,20?,21?,22?,23?,30-,31-,32-/m1/s1. The second-order valence-electron chi connectivity index (χ2n) is 15.8. The molecule has 14 atom stereocenters. The van der Waals surface area contributed by atoms with E-state index in [2.05, 4.69) is 44.9 Å². The second kappa shape index (κ2) is 17.9. The third-order valence-electron chi connectivity index (χ3n) is 11.8. The highest BCUT2D eigenvalue weighted by Crippen LogP contribution is 2.54. The molecule has 67 heavy (non-hydrogen) atoms. The van der Waals surface area contributed by atoms with Crippen LogP contribution in [0.15, 0.2) is 34.9 Å². The average molecular weight is 982 g/mol. The van der Waals surface area contributed by atoms with Crippen molar-refractivity contribution in [1.29, 1.82) is 0 Å². The number of aliphatic hydroxyl groups excluding tert-OH is 1. The molecule has 31 nitrogen and oxygen atoms in total. The van der Waals surface area contributed by atoms with Crippen LogP contribution in [0, 0.1) is 11.8 Å². The van der Waals surface area contributed by atoms with Gasteiger partial charge in [0.2, 0.25) is 11.9 Å². The molecule has 0 aromatic carbocycles. The zero-order valence-corrected chi connectivity index (χ0v) is 37.4. The van der Waals surface area contributed by atoms with Gasteiger partial charge in [-0.2, -0.15) is 9.97 Å². The van der Waals surface area contributed by atoms with Crippen LogP contribution in [0.5, 0.6) is 0 Å². The Morgan fingerprint density at radius 3 is 1.76 bits per heavy atom. The summed E-state index contributed by atoms with van der Waals surface area (Å²) in [5.74, 6) is -2.14. The molecule has 3 fully saturated rings. The van der Waals surface area contributed by atoms with Crippen molar-refractivity contribution in [1.82, 2.24) is 58.6 Å². The van der Waals surface area contributed by atoms with Gasteiger partial charge in [0.05, 0.1) is 56.9 Å². The minimum atomic E-state index is -5.19. The van der Waals surface area contributed by atoms with E-state index in [1.165, 1.54) is 46.9 Å². The van der Waals surface area contributed by atoms with E-state index in [0.29, 0.717) is 5.65 Å². The molecule has 0 radical (unpaired) electrons. The fraction of sp³-hybridized carbons (Fsp3) is 0.559. The van der Waals surface area contributed by atoms with E-state index in [1.807, 2.05) is 0 Å². The maximum absolute atomic E-state index is 13.9. The van der Waals surface area contributed by atoms with Gasteiger partial charge in [0.15, 0.2) is 46.2 Å². The highest BCUT2D eigenvalue weighted by molar-refractivity contribution is 7.47. The number of imidazole rings is 3. The van der Waals surface area contributed by atoms with E-state index in [4.69, 9.17) is 59.0 Å². The molecule has 0 spiro atoms. The molecule has 0 aliphatic carbocycles. The van der Waals surface area contributed by atoms with Crippen molar-refractivity contribution in [3.05, 3.63) is 46.0 Å². The maximum Gasteiger partial charge on any atom is 0.472 e. The van der Waals surface area contributed by atoms with Crippen LogP contribution >= 0.6 is 15.6 Å². The number of nitrogens with one attached hydrogen (secondary N) is 2. The Hall–Kier alpha value is -5.37. The number of H-pyrrole nitrogens is 2. The first-order chi connectivity index (χ1) is 31.9. The second-order valence-corrected chi connectivity index (χ2v) is 18.6. The van der Waals surface area contributed by atoms with Gasteiger partial charge in [-0.05, 0) is 6.92 Å². The van der Waals surface area contributed by atoms with E-state index in [0.717, 1.165) is 6.33 Å². The zero-order chi connectivity index (χ0) is 47.7. The third-order valence-corrected chi connectivity index (χ3v) is 13.7. The van der Waals surface area contributed by atoms with Crippen LogP contribution in [0.3, 0.4) is 0 Å². The molecule has 11 N–H and O–H groups in total. The molecular weight excluding hydrogens is 936 g/mol. The molecule has 3 saturated heterocycles. The Bertz CT molecular complexity index is 3020. The lowest BCUT2D eigenvalue weighted by Crippen LogP contribution is -2.36. The maximum atomic E-state index is 13.9. The van der Waals surface area contributed by atoms with Crippen LogP contribution in [0.1, 0.15) is 32.5 Å². The number of hydrogen-bond donors (Lipinski definition) is 8. The van der Waals surface area contributed by atoms with Crippen LogP contribution in [-0.2, 0) is 50.9 Å². The number of ether oxygens (including phenoxy) is 5. The predicted octanol–water partition coefficient (Wildman–Crippen LogP) is -1.17. The van der Waals surface area contributed by atoms with E-state index in [-0.39, 0.29) is 45.6 Å². The van der Waals surface area contributed by atoms with Crippen molar-refractivity contribution in [2.24, 2.45) is 11.8 Å². The number of nitrogens with two attached hydrogens (primary N) is 3. The van der Waals surface area contributed by atoms with E-state index < -0.39 is 120 Å². The van der Waals surface area contributed by atoms with E-state index in [1.54, 1.807) is 13.8 Å². The van der Waals surface area contributed by atoms with Gasteiger partial charge >= 0.3 is 15.6 Å². The fourth-order valence-electron chi connectivity index (χ4n) is 8.58. The molecular formula is C34H45N15O16P2. The molecule has 8 unspecified atom stereocenters. The summed E-state index contributed by atoms with van der Waals surface area (Å²) in [6, 6.07) is 0. The number of aromatic amines is 2. The van der Waals surface area contributed by atoms with Crippen molar-refractivity contribution < 1.29 is 65.8 Å². The quantitative estimate of drug-likeness (QED) is 0.0530. The molecule has 33 heteroatoms. The number of rotatable bonds is 16. The first-order valence-electron chi connectivity index (χ1n) is 20.2. The fourth-order valence-corrected chi connectivity index (χ4v) is 10.6. The summed E-state index contributed by atoms with van der Waals surface area (Å²) in [6.07, 6.45) is -6.18. The number of hydrogen-bond acceptors (Lipinski definition) is 24. The van der Waals surface area contributed by atoms with Gasteiger partial charge in [0, 0.05) is 20.1 Å². The van der Waals surface area contributed by atoms with Crippen molar-refractivity contribution in [2.75, 3.05) is 51.2 Å². The van der Waals surface area contributed by atoms with E-state index >= 15 is 0 Å². The van der Waals surface area contributed by atoms with Gasteiger partial charge in [-0.15, -0.1) is 0 Å². The molecule has 0 amide bonds. The van der Waals surface area contributed by atoms with Crippen LogP contribution in [0.2, 0.25) is 0 Å². The Balaban J connectivity index is 0.940. The average Bonchev–Trinajstić information content (AvgIpc) is 4.13. The molecule has 3 aliphatic rings. The zero-order valence-electron chi connectivity index (χ0n) is 35.6. The number of phosphoric acid groups is 2. The summed E-state index contributed by atoms with van der Waals surface area (Å²) in [6.45, 7) is 1.08. The number of nitrogens with zero attached hydrogens (tertiary/aromatic N) is 10. The van der Waals surface area contributed by atoms with Crippen LogP contribution < -0.4 is 28.3 Å². The number of aromatic nitrogens is 12. The summed E-state index contributed by atoms with van der Waals surface area (Å²) in [5, 5.41) is 10.8. The van der Waals surface area contributed by atoms with Crippen molar-refractivity contribution in [2.45, 2.75) is 75.3 Å². The monoisotopic (exact) mass is 981 g/mol. The predicted molar refractivity (Wildman–Crippen MR) is 225 cm³/mol. The Labute approximate surface area is 375 Å². The smallest absolute Gasteiger partial charge is 0.396 e. The molecule has 362 valence electrons. The number of nitrogen functional groups attached to an aromatic ring is 3. The summed E-state index contributed by atoms with van der Waals surface area (Å²) >= 11 is 0. The van der Waals surface area contributed by atoms with Gasteiger partial charge in [-0.25, -0.2) is 34.0 Å². The van der Waals surface area contributed by atoms with Gasteiger partial charge in [0.25, 0.3) is 11.1 Å². The molecule has 9 rings (SSSR count). The Morgan fingerprint density at radius 1 is 0.672 bits per heavy atom. The summed E-state index contributed by atoms with van der Waals surface area (Å²) in [5.41, 5.74) is 16.7. The largest absolute Gasteiger partial charge is 0.472 e. The normalized spacial score (nSPS) is 30.7. The number of methoxy groups -OCH3 is 2. The summed E-state index contributed by atoms with van der Waals surface area (Å²) in [4.78, 5) is 81.2. The first-order valence-corrected chi connectivity index (χ1v) is 23.2. The topological polar surface area (TPSA) is 427 Å². The molecule has 0 saturated carbocycles. The van der Waals surface area contributed by atoms with Gasteiger partial charge in [0.1, 0.15) is 48.6 Å². The minimum Gasteiger partial charge on any atom is -0.396 e. The SMILES string of the molecule is COC1C(OP(=O)(O)OC[C@H]2O[C@@H](n3cnc4c(=O)[nH]c(N)nc43)C(CO)C2OP(=O)(O)OC[C@H]2O[C@@H](n3cnc4c(=O)[nH]c(N)nc43)C(OC)C2C)[C@@H](C)O[C@H]1n1cnc2c(N)ncnc21. The summed E-state index contributed by atoms with van der Waals surface area (Å²) < 4.78 is 84.0. The Morgan fingerprint density at radius 2 is 1.18 bits per heavy atom. The summed E-state index contributed by atoms with van der Waals surface area (Å²) in [7, 11) is -7.55. The van der Waals surface area contributed by atoms with Crippen LogP contribution in [0.4, 0.5) is 17.7 Å². The van der Waals surface area contributed by atoms with Crippen LogP contribution in [-0.4, -0.2) is 150 Å².